The third-order valence-corrected chi connectivity index (χ3v) is 5.54. The number of hydrogen-bond acceptors (Lipinski definition) is 5. The second kappa shape index (κ2) is 6.79. The summed E-state index contributed by atoms with van der Waals surface area (Å²) in [4.78, 5) is 41.1. The van der Waals surface area contributed by atoms with Crippen LogP contribution in [0.3, 0.4) is 0 Å². The largest absolute Gasteiger partial charge is 0.348 e. The van der Waals surface area contributed by atoms with Gasteiger partial charge in [0, 0.05) is 37.8 Å². The highest BCUT2D eigenvalue weighted by Crippen LogP contribution is 2.32. The number of carbonyl (C=O) groups excluding carboxylic acids is 2. The number of fused-ring (bicyclic) bond motifs is 4. The molecule has 3 fully saturated rings. The molecular weight excluding hydrogens is 342 g/mol. The van der Waals surface area contributed by atoms with Crippen molar-refractivity contribution < 1.29 is 9.59 Å². The first-order valence-corrected chi connectivity index (χ1v) is 9.55. The first kappa shape index (κ1) is 17.7. The van der Waals surface area contributed by atoms with E-state index in [2.05, 4.69) is 21.4 Å². The van der Waals surface area contributed by atoms with Gasteiger partial charge >= 0.3 is 0 Å². The summed E-state index contributed by atoms with van der Waals surface area (Å²) >= 11 is 0. The van der Waals surface area contributed by atoms with Crippen LogP contribution in [0.2, 0.25) is 0 Å². The van der Waals surface area contributed by atoms with Gasteiger partial charge in [-0.15, -0.1) is 0 Å². The zero-order valence-corrected chi connectivity index (χ0v) is 15.8. The number of anilines is 1. The van der Waals surface area contributed by atoms with Gasteiger partial charge in [-0.1, -0.05) is 20.4 Å². The fourth-order valence-electron chi connectivity index (χ4n) is 4.21. The molecule has 0 aliphatic carbocycles. The molecule has 5 rings (SSSR count). The number of rotatable bonds is 5. The van der Waals surface area contributed by atoms with E-state index in [-0.39, 0.29) is 23.8 Å². The number of aromatic amines is 1. The van der Waals surface area contributed by atoms with Gasteiger partial charge in [-0.3, -0.25) is 9.59 Å². The maximum atomic E-state index is 12.5. The molecule has 0 radical (unpaired) electrons. The minimum absolute atomic E-state index is 0.00177. The number of carbonyl (C=O) groups is 2. The van der Waals surface area contributed by atoms with Crippen molar-refractivity contribution in [3.63, 3.8) is 0 Å². The summed E-state index contributed by atoms with van der Waals surface area (Å²) in [6.07, 6.45) is 7.38. The fraction of sp³-hybridized carbons (Fsp3) is 0.500. The van der Waals surface area contributed by atoms with E-state index in [9.17, 15) is 9.59 Å². The molecule has 2 aromatic heterocycles. The molecule has 7 nitrogen and oxygen atoms in total. The van der Waals surface area contributed by atoms with Gasteiger partial charge in [-0.2, -0.15) is 0 Å². The van der Waals surface area contributed by atoms with Crippen molar-refractivity contribution in [2.24, 2.45) is 5.92 Å². The Labute approximate surface area is 158 Å². The highest BCUT2D eigenvalue weighted by molar-refractivity contribution is 6.06. The van der Waals surface area contributed by atoms with Gasteiger partial charge in [0.1, 0.15) is 11.3 Å². The molecule has 2 unspecified atom stereocenters. The third kappa shape index (κ3) is 3.11. The maximum Gasteiger partial charge on any atom is 0.246 e. The number of H-pyrrole nitrogens is 1. The summed E-state index contributed by atoms with van der Waals surface area (Å²) in [6.45, 7) is 9.10. The van der Waals surface area contributed by atoms with Crippen molar-refractivity contribution in [3.8, 4) is 0 Å². The number of amides is 1. The smallest absolute Gasteiger partial charge is 0.246 e. The maximum absolute atomic E-state index is 12.5. The van der Waals surface area contributed by atoms with Crippen LogP contribution in [-0.2, 0) is 4.79 Å². The number of nitrogens with one attached hydrogen (secondary N) is 1. The molecule has 142 valence electrons. The number of piperidine rings is 2. The summed E-state index contributed by atoms with van der Waals surface area (Å²) < 4.78 is 0. The number of Topliss-reactive ketones (excluding diaryl/α,β-unsaturated/α-hetero) is 1. The Kier molecular flexibility index (Phi) is 4.45. The van der Waals surface area contributed by atoms with Crippen LogP contribution in [-0.4, -0.2) is 56.7 Å². The molecule has 0 saturated carbocycles. The van der Waals surface area contributed by atoms with Crippen molar-refractivity contribution in [2.75, 3.05) is 18.0 Å². The van der Waals surface area contributed by atoms with Crippen molar-refractivity contribution in [1.82, 2.24) is 19.9 Å². The number of nitrogens with zero attached hydrogens (tertiary/aromatic N) is 4. The van der Waals surface area contributed by atoms with E-state index in [0.29, 0.717) is 35.6 Å². The highest BCUT2D eigenvalue weighted by Gasteiger charge is 2.41. The molecule has 0 aromatic carbocycles. The summed E-state index contributed by atoms with van der Waals surface area (Å²) in [5.41, 5.74) is 1.88. The second-order valence-corrected chi connectivity index (χ2v) is 7.88. The molecule has 3 aliphatic heterocycles. The highest BCUT2D eigenvalue weighted by atomic mass is 16.2. The predicted molar refractivity (Wildman–Crippen MR) is 104 cm³/mol. The molecule has 2 atom stereocenters. The molecule has 5 heterocycles. The van der Waals surface area contributed by atoms with E-state index in [0.717, 1.165) is 25.2 Å². The van der Waals surface area contributed by atoms with Crippen LogP contribution >= 0.6 is 0 Å². The quantitative estimate of drug-likeness (QED) is 0.649. The van der Waals surface area contributed by atoms with E-state index in [1.165, 1.54) is 6.08 Å². The van der Waals surface area contributed by atoms with Gasteiger partial charge in [-0.05, 0) is 24.8 Å². The molecule has 7 heteroatoms. The van der Waals surface area contributed by atoms with E-state index >= 15 is 0 Å². The summed E-state index contributed by atoms with van der Waals surface area (Å²) in [7, 11) is 0. The minimum atomic E-state index is -0.00177. The average Bonchev–Trinajstić information content (AvgIpc) is 3.10. The molecule has 0 spiro atoms. The minimum Gasteiger partial charge on any atom is -0.348 e. The fourth-order valence-corrected chi connectivity index (χ4v) is 4.21. The first-order valence-electron chi connectivity index (χ1n) is 9.55. The zero-order chi connectivity index (χ0) is 19.1. The van der Waals surface area contributed by atoms with Gasteiger partial charge in [0.2, 0.25) is 5.91 Å². The predicted octanol–water partition coefficient (Wildman–Crippen LogP) is 2.55. The van der Waals surface area contributed by atoms with E-state index in [4.69, 9.17) is 4.98 Å². The molecule has 27 heavy (non-hydrogen) atoms. The molecule has 1 N–H and O–H groups in total. The number of aromatic nitrogens is 3. The summed E-state index contributed by atoms with van der Waals surface area (Å²) in [6, 6.07) is 0.394. The van der Waals surface area contributed by atoms with E-state index in [1.807, 2.05) is 18.7 Å². The Hall–Kier alpha value is -2.70. The summed E-state index contributed by atoms with van der Waals surface area (Å²) in [5, 5.41) is 0. The normalized spacial score (nSPS) is 21.9. The Morgan fingerprint density at radius 3 is 2.78 bits per heavy atom. The molecule has 3 aliphatic rings. The van der Waals surface area contributed by atoms with Gasteiger partial charge in [0.25, 0.3) is 0 Å². The first-order chi connectivity index (χ1) is 13.0. The lowest BCUT2D eigenvalue weighted by molar-refractivity contribution is -0.131. The topological polar surface area (TPSA) is 82.2 Å². The van der Waals surface area contributed by atoms with Crippen molar-refractivity contribution in [2.45, 2.75) is 45.2 Å². The zero-order valence-electron chi connectivity index (χ0n) is 15.8. The lowest BCUT2D eigenvalue weighted by Crippen LogP contribution is -2.64. The second-order valence-electron chi connectivity index (χ2n) is 7.88. The molecule has 2 bridgehead atoms. The standard InChI is InChI=1S/C20H25N5O2/c1-4-18(27)25-11-13-5-6-14(25)10-24(13)17-9-22-20-19(23-17)15(8-21-20)16(26)7-12(2)3/h4,8-9,12-14H,1,5-7,10-11H2,2-3H3,(H,21,22). The SMILES string of the molecule is C=CC(=O)N1CC2CCC1CN2c1cnc2[nH]cc(C(=O)CC(C)C)c2n1. The van der Waals surface area contributed by atoms with Crippen LogP contribution in [0.1, 0.15) is 43.5 Å². The Morgan fingerprint density at radius 1 is 1.33 bits per heavy atom. The average molecular weight is 367 g/mol. The van der Waals surface area contributed by atoms with Crippen molar-refractivity contribution in [3.05, 3.63) is 30.6 Å². The van der Waals surface area contributed by atoms with Crippen LogP contribution in [0.5, 0.6) is 0 Å². The van der Waals surface area contributed by atoms with Crippen molar-refractivity contribution >= 4 is 28.7 Å². The Balaban J connectivity index is 1.62. The molecule has 1 amide bonds. The Morgan fingerprint density at radius 2 is 2.11 bits per heavy atom. The van der Waals surface area contributed by atoms with Crippen LogP contribution in [0.15, 0.2) is 25.0 Å². The summed E-state index contributed by atoms with van der Waals surface area (Å²) in [5.74, 6) is 1.16. The molecule has 3 saturated heterocycles. The number of ketones is 1. The van der Waals surface area contributed by atoms with Gasteiger partial charge in [0.15, 0.2) is 11.4 Å². The number of hydrogen-bond donors (Lipinski definition) is 1. The third-order valence-electron chi connectivity index (χ3n) is 5.54. The van der Waals surface area contributed by atoms with E-state index < -0.39 is 0 Å². The van der Waals surface area contributed by atoms with Crippen LogP contribution in [0.4, 0.5) is 5.82 Å². The Bertz CT molecular complexity index is 903. The van der Waals surface area contributed by atoms with Crippen LogP contribution < -0.4 is 4.90 Å². The van der Waals surface area contributed by atoms with Crippen LogP contribution in [0, 0.1) is 5.92 Å². The van der Waals surface area contributed by atoms with Crippen molar-refractivity contribution in [1.29, 1.82) is 0 Å². The van der Waals surface area contributed by atoms with Gasteiger partial charge < -0.3 is 14.8 Å². The monoisotopic (exact) mass is 367 g/mol. The molecular formula is C20H25N5O2. The van der Waals surface area contributed by atoms with Gasteiger partial charge in [-0.25, -0.2) is 9.97 Å². The lowest BCUT2D eigenvalue weighted by Gasteiger charge is -2.51. The van der Waals surface area contributed by atoms with Gasteiger partial charge in [0.05, 0.1) is 11.8 Å². The lowest BCUT2D eigenvalue weighted by atomic mass is 9.90. The molecule has 2 aromatic rings. The van der Waals surface area contributed by atoms with Crippen LogP contribution in [0.25, 0.3) is 11.2 Å². The number of piperazine rings is 1. The van der Waals surface area contributed by atoms with E-state index in [1.54, 1.807) is 12.4 Å².